The van der Waals surface area contributed by atoms with Crippen LogP contribution in [0.2, 0.25) is 5.02 Å². The number of anilines is 1. The lowest BCUT2D eigenvalue weighted by Gasteiger charge is -2.33. The molecule has 0 aliphatic rings. The van der Waals surface area contributed by atoms with Crippen molar-refractivity contribution < 1.29 is 18.0 Å². The first-order chi connectivity index (χ1) is 16.8. The van der Waals surface area contributed by atoms with Crippen molar-refractivity contribution in [2.24, 2.45) is 0 Å². The van der Waals surface area contributed by atoms with Gasteiger partial charge in [0.15, 0.2) is 0 Å². The minimum atomic E-state index is -3.57. The summed E-state index contributed by atoms with van der Waals surface area (Å²) in [7, 11) is -3.57. The zero-order chi connectivity index (χ0) is 26.9. The Kier molecular flexibility index (Phi) is 10.8. The summed E-state index contributed by atoms with van der Waals surface area (Å²) in [6.07, 6.45) is 2.63. The summed E-state index contributed by atoms with van der Waals surface area (Å²) in [6, 6.07) is 15.8. The minimum Gasteiger partial charge on any atom is -0.350 e. The Balaban J connectivity index is 2.18. The van der Waals surface area contributed by atoms with Crippen LogP contribution in [0.5, 0.6) is 0 Å². The third kappa shape index (κ3) is 9.47. The topological polar surface area (TPSA) is 86.8 Å². The molecule has 36 heavy (non-hydrogen) atoms. The molecular formula is C27H38ClN3O4S. The van der Waals surface area contributed by atoms with Gasteiger partial charge in [-0.1, -0.05) is 54.9 Å². The van der Waals surface area contributed by atoms with Crippen LogP contribution >= 0.6 is 11.6 Å². The maximum absolute atomic E-state index is 13.4. The molecule has 0 aliphatic carbocycles. The maximum atomic E-state index is 13.4. The molecule has 1 unspecified atom stereocenters. The SMILES string of the molecule is CCC(C(=O)NC(C)(C)C)N(CCc1ccccc1)C(=O)CCCN(c1cccc(Cl)c1)S(C)(=O)=O. The number of halogens is 1. The number of hydrogen-bond donors (Lipinski definition) is 1. The predicted molar refractivity (Wildman–Crippen MR) is 147 cm³/mol. The number of carbonyl (C=O) groups excluding carboxylic acids is 2. The summed E-state index contributed by atoms with van der Waals surface area (Å²) in [5, 5.41) is 3.42. The standard InChI is InChI=1S/C27H38ClN3O4S/c1-6-24(26(33)29-27(2,3)4)30(19-17-21-12-8-7-9-13-21)25(32)16-11-18-31(36(5,34)35)23-15-10-14-22(28)20-23/h7-10,12-15,20,24H,6,11,16-19H2,1-5H3,(H,29,33). The van der Waals surface area contributed by atoms with Crippen LogP contribution in [-0.2, 0) is 26.0 Å². The van der Waals surface area contributed by atoms with Crippen molar-refractivity contribution >= 4 is 39.1 Å². The zero-order valence-electron chi connectivity index (χ0n) is 21.8. The molecule has 0 spiro atoms. The van der Waals surface area contributed by atoms with Gasteiger partial charge in [-0.15, -0.1) is 0 Å². The first-order valence-electron chi connectivity index (χ1n) is 12.2. The van der Waals surface area contributed by atoms with Gasteiger partial charge in [-0.2, -0.15) is 0 Å². The summed E-state index contributed by atoms with van der Waals surface area (Å²) in [6.45, 7) is 8.13. The van der Waals surface area contributed by atoms with Crippen molar-refractivity contribution in [2.45, 2.75) is 65.0 Å². The zero-order valence-corrected chi connectivity index (χ0v) is 23.4. The number of hydrogen-bond acceptors (Lipinski definition) is 4. The number of nitrogens with zero attached hydrogens (tertiary/aromatic N) is 2. The highest BCUT2D eigenvalue weighted by Crippen LogP contribution is 2.22. The number of rotatable bonds is 12. The fourth-order valence-corrected chi connectivity index (χ4v) is 5.13. The molecule has 0 bridgehead atoms. The van der Waals surface area contributed by atoms with Gasteiger partial charge in [0, 0.05) is 30.1 Å². The van der Waals surface area contributed by atoms with Crippen LogP contribution < -0.4 is 9.62 Å². The highest BCUT2D eigenvalue weighted by Gasteiger charge is 2.30. The van der Waals surface area contributed by atoms with E-state index in [1.807, 2.05) is 58.0 Å². The number of carbonyl (C=O) groups is 2. The third-order valence-electron chi connectivity index (χ3n) is 5.62. The van der Waals surface area contributed by atoms with Gasteiger partial charge in [0.05, 0.1) is 11.9 Å². The van der Waals surface area contributed by atoms with Gasteiger partial charge in [0.2, 0.25) is 21.8 Å². The molecule has 1 atom stereocenters. The molecular weight excluding hydrogens is 498 g/mol. The first-order valence-corrected chi connectivity index (χ1v) is 14.4. The molecule has 198 valence electrons. The summed E-state index contributed by atoms with van der Waals surface area (Å²) in [4.78, 5) is 28.1. The average Bonchev–Trinajstić information content (AvgIpc) is 2.77. The van der Waals surface area contributed by atoms with E-state index < -0.39 is 21.6 Å². The fourth-order valence-electron chi connectivity index (χ4n) is 3.98. The monoisotopic (exact) mass is 535 g/mol. The molecule has 0 saturated heterocycles. The molecule has 2 amide bonds. The second-order valence-electron chi connectivity index (χ2n) is 9.90. The second kappa shape index (κ2) is 13.1. The van der Waals surface area contributed by atoms with E-state index in [0.717, 1.165) is 11.8 Å². The quantitative estimate of drug-likeness (QED) is 0.428. The minimum absolute atomic E-state index is 0.112. The highest BCUT2D eigenvalue weighted by atomic mass is 35.5. The van der Waals surface area contributed by atoms with Gasteiger partial charge >= 0.3 is 0 Å². The Hall–Kier alpha value is -2.58. The van der Waals surface area contributed by atoms with E-state index in [1.165, 1.54) is 4.31 Å². The molecule has 0 aliphatic heterocycles. The fraction of sp³-hybridized carbons (Fsp3) is 0.481. The Morgan fingerprint density at radius 1 is 1.03 bits per heavy atom. The Bertz CT molecular complexity index is 1120. The summed E-state index contributed by atoms with van der Waals surface area (Å²) in [5.74, 6) is -0.371. The molecule has 2 aromatic rings. The molecule has 1 N–H and O–H groups in total. The molecule has 9 heteroatoms. The van der Waals surface area contributed by atoms with Crippen LogP contribution in [0.15, 0.2) is 54.6 Å². The lowest BCUT2D eigenvalue weighted by Crippen LogP contribution is -2.54. The summed E-state index contributed by atoms with van der Waals surface area (Å²) in [5.41, 5.74) is 1.10. The van der Waals surface area contributed by atoms with E-state index in [0.29, 0.717) is 36.5 Å². The first kappa shape index (κ1) is 29.6. The predicted octanol–water partition coefficient (Wildman–Crippen LogP) is 4.65. The van der Waals surface area contributed by atoms with E-state index in [2.05, 4.69) is 5.32 Å². The highest BCUT2D eigenvalue weighted by molar-refractivity contribution is 7.92. The molecule has 7 nitrogen and oxygen atoms in total. The van der Waals surface area contributed by atoms with E-state index in [4.69, 9.17) is 11.6 Å². The average molecular weight is 536 g/mol. The number of nitrogens with one attached hydrogen (secondary N) is 1. The van der Waals surface area contributed by atoms with E-state index in [1.54, 1.807) is 29.2 Å². The van der Waals surface area contributed by atoms with Gasteiger partial charge in [-0.05, 0) is 63.8 Å². The molecule has 0 saturated carbocycles. The van der Waals surface area contributed by atoms with Crippen molar-refractivity contribution in [1.29, 1.82) is 0 Å². The number of benzene rings is 2. The van der Waals surface area contributed by atoms with Crippen molar-refractivity contribution in [1.82, 2.24) is 10.2 Å². The Morgan fingerprint density at radius 3 is 2.25 bits per heavy atom. The Labute approximate surface area is 220 Å². The Morgan fingerprint density at radius 2 is 1.69 bits per heavy atom. The van der Waals surface area contributed by atoms with Crippen LogP contribution in [0.3, 0.4) is 0 Å². The molecule has 2 rings (SSSR count). The van der Waals surface area contributed by atoms with Crippen molar-refractivity contribution in [2.75, 3.05) is 23.7 Å². The maximum Gasteiger partial charge on any atom is 0.243 e. The molecule has 0 aromatic heterocycles. The van der Waals surface area contributed by atoms with Crippen LogP contribution in [-0.4, -0.2) is 56.1 Å². The normalized spacial score (nSPS) is 12.6. The summed E-state index contributed by atoms with van der Waals surface area (Å²) < 4.78 is 26.1. The van der Waals surface area contributed by atoms with Gasteiger partial charge in [0.1, 0.15) is 6.04 Å². The van der Waals surface area contributed by atoms with Gasteiger partial charge in [-0.25, -0.2) is 8.42 Å². The lowest BCUT2D eigenvalue weighted by molar-refractivity contribution is -0.141. The van der Waals surface area contributed by atoms with Crippen molar-refractivity contribution in [3.8, 4) is 0 Å². The molecule has 0 fully saturated rings. The van der Waals surface area contributed by atoms with Crippen molar-refractivity contribution in [3.05, 3.63) is 65.2 Å². The van der Waals surface area contributed by atoms with E-state index in [-0.39, 0.29) is 24.8 Å². The van der Waals surface area contributed by atoms with Crippen LogP contribution in [0.4, 0.5) is 5.69 Å². The largest absolute Gasteiger partial charge is 0.350 e. The smallest absolute Gasteiger partial charge is 0.243 e. The number of sulfonamides is 1. The second-order valence-corrected chi connectivity index (χ2v) is 12.2. The molecule has 0 radical (unpaired) electrons. The lowest BCUT2D eigenvalue weighted by atomic mass is 10.0. The van der Waals surface area contributed by atoms with Crippen LogP contribution in [0.1, 0.15) is 52.5 Å². The van der Waals surface area contributed by atoms with E-state index in [9.17, 15) is 18.0 Å². The molecule has 2 aromatic carbocycles. The van der Waals surface area contributed by atoms with Crippen LogP contribution in [0.25, 0.3) is 0 Å². The van der Waals surface area contributed by atoms with Gasteiger partial charge in [0.25, 0.3) is 0 Å². The van der Waals surface area contributed by atoms with Crippen molar-refractivity contribution in [3.63, 3.8) is 0 Å². The third-order valence-corrected chi connectivity index (χ3v) is 7.05. The van der Waals surface area contributed by atoms with E-state index >= 15 is 0 Å². The number of amides is 2. The molecule has 0 heterocycles. The van der Waals surface area contributed by atoms with Crippen LogP contribution in [0, 0.1) is 0 Å². The van der Waals surface area contributed by atoms with Gasteiger partial charge < -0.3 is 10.2 Å². The van der Waals surface area contributed by atoms with Gasteiger partial charge in [-0.3, -0.25) is 13.9 Å². The summed E-state index contributed by atoms with van der Waals surface area (Å²) >= 11 is 6.06.